The molecule has 18 heavy (non-hydrogen) atoms. The Kier molecular flexibility index (Phi) is 2.52. The van der Waals surface area contributed by atoms with Crippen LogP contribution in [-0.2, 0) is 0 Å². The van der Waals surface area contributed by atoms with Gasteiger partial charge in [-0.3, -0.25) is 4.57 Å². The summed E-state index contributed by atoms with van der Waals surface area (Å²) in [5, 5.41) is 1.61. The maximum Gasteiger partial charge on any atom is 0.135 e. The number of fused-ring (bicyclic) bond motifs is 1. The van der Waals surface area contributed by atoms with Crippen LogP contribution in [0.2, 0.25) is 5.02 Å². The molecule has 0 amide bonds. The first-order chi connectivity index (χ1) is 8.69. The number of hydrogen-bond donors (Lipinski definition) is 1. The molecule has 5 heteroatoms. The maximum atomic E-state index is 6.39. The molecule has 0 saturated heterocycles. The van der Waals surface area contributed by atoms with E-state index >= 15 is 0 Å². The number of benzene rings is 1. The van der Waals surface area contributed by atoms with Crippen molar-refractivity contribution >= 4 is 22.5 Å². The number of H-pyrrole nitrogens is 1. The van der Waals surface area contributed by atoms with Gasteiger partial charge in [-0.1, -0.05) is 11.6 Å². The summed E-state index contributed by atoms with van der Waals surface area (Å²) in [6, 6.07) is 5.77. The van der Waals surface area contributed by atoms with Crippen molar-refractivity contribution in [2.45, 2.75) is 6.92 Å². The highest BCUT2D eigenvalue weighted by Gasteiger charge is 2.12. The fourth-order valence-corrected chi connectivity index (χ4v) is 2.27. The van der Waals surface area contributed by atoms with Gasteiger partial charge in [0.15, 0.2) is 0 Å². The molecule has 3 aromatic rings. The molecule has 0 aliphatic rings. The Hall–Kier alpha value is -1.94. The van der Waals surface area contributed by atoms with E-state index in [1.54, 1.807) is 13.4 Å². The normalized spacial score (nSPS) is 11.1. The summed E-state index contributed by atoms with van der Waals surface area (Å²) in [4.78, 5) is 7.48. The van der Waals surface area contributed by atoms with E-state index in [1.165, 1.54) is 0 Å². The fourth-order valence-electron chi connectivity index (χ4n) is 1.97. The number of nitrogens with one attached hydrogen (secondary N) is 1. The van der Waals surface area contributed by atoms with Crippen molar-refractivity contribution in [1.29, 1.82) is 0 Å². The van der Waals surface area contributed by atoms with Gasteiger partial charge in [0.2, 0.25) is 0 Å². The van der Waals surface area contributed by atoms with Crippen molar-refractivity contribution in [3.05, 3.63) is 41.4 Å². The molecule has 4 nitrogen and oxygen atoms in total. The Morgan fingerprint density at radius 1 is 1.39 bits per heavy atom. The van der Waals surface area contributed by atoms with Crippen molar-refractivity contribution in [3.63, 3.8) is 0 Å². The highest BCUT2D eigenvalue weighted by atomic mass is 35.5. The summed E-state index contributed by atoms with van der Waals surface area (Å²) < 4.78 is 7.08. The number of nitrogens with zero attached hydrogens (tertiary/aromatic N) is 2. The summed E-state index contributed by atoms with van der Waals surface area (Å²) >= 11 is 6.39. The monoisotopic (exact) mass is 261 g/mol. The summed E-state index contributed by atoms with van der Waals surface area (Å²) in [6.45, 7) is 1.94. The molecule has 0 radical (unpaired) electrons. The third kappa shape index (κ3) is 1.66. The van der Waals surface area contributed by atoms with Crippen LogP contribution in [0.3, 0.4) is 0 Å². The number of aromatic nitrogens is 3. The smallest absolute Gasteiger partial charge is 0.135 e. The van der Waals surface area contributed by atoms with E-state index in [9.17, 15) is 0 Å². The quantitative estimate of drug-likeness (QED) is 0.769. The molecule has 3 rings (SSSR count). The fraction of sp³-hybridized carbons (Fsp3) is 0.154. The molecular weight excluding hydrogens is 250 g/mol. The zero-order valence-electron chi connectivity index (χ0n) is 10.1. The summed E-state index contributed by atoms with van der Waals surface area (Å²) in [5.41, 5.74) is 1.92. The minimum atomic E-state index is 0.668. The van der Waals surface area contributed by atoms with Gasteiger partial charge >= 0.3 is 0 Å². The molecule has 0 bridgehead atoms. The van der Waals surface area contributed by atoms with E-state index in [0.29, 0.717) is 5.02 Å². The molecule has 0 unspecified atom stereocenters. The molecule has 0 atom stereocenters. The molecule has 2 aromatic heterocycles. The van der Waals surface area contributed by atoms with Crippen LogP contribution in [0.5, 0.6) is 5.75 Å². The van der Waals surface area contributed by atoms with Gasteiger partial charge in [-0.25, -0.2) is 4.98 Å². The zero-order valence-corrected chi connectivity index (χ0v) is 10.8. The number of methoxy groups -OCH3 is 1. The van der Waals surface area contributed by atoms with E-state index in [2.05, 4.69) is 9.97 Å². The molecule has 0 saturated carbocycles. The Morgan fingerprint density at radius 2 is 2.22 bits per heavy atom. The van der Waals surface area contributed by atoms with E-state index in [0.717, 1.165) is 28.2 Å². The predicted molar refractivity (Wildman–Crippen MR) is 71.7 cm³/mol. The molecule has 1 aromatic carbocycles. The second-order valence-corrected chi connectivity index (χ2v) is 4.50. The number of aromatic amines is 1. The third-order valence-corrected chi connectivity index (χ3v) is 3.28. The van der Waals surface area contributed by atoms with Gasteiger partial charge in [0.1, 0.15) is 17.9 Å². The van der Waals surface area contributed by atoms with Crippen LogP contribution in [0.4, 0.5) is 0 Å². The number of rotatable bonds is 2. The number of ether oxygens (including phenoxy) is 1. The Bertz CT molecular complexity index is 714. The molecule has 0 aliphatic heterocycles. The maximum absolute atomic E-state index is 6.39. The minimum Gasteiger partial charge on any atom is -0.497 e. The first kappa shape index (κ1) is 11.2. The topological polar surface area (TPSA) is 42.8 Å². The largest absolute Gasteiger partial charge is 0.497 e. The molecule has 0 spiro atoms. The lowest BCUT2D eigenvalue weighted by Crippen LogP contribution is -1.90. The second-order valence-electron chi connectivity index (χ2n) is 4.12. The highest BCUT2D eigenvalue weighted by molar-refractivity contribution is 6.37. The molecule has 0 aliphatic carbocycles. The van der Waals surface area contributed by atoms with E-state index < -0.39 is 0 Å². The SMILES string of the molecule is COc1ccc2[nH]c(-n3cnc(C)c3)c(Cl)c2c1. The van der Waals surface area contributed by atoms with Crippen molar-refractivity contribution in [2.75, 3.05) is 7.11 Å². The van der Waals surface area contributed by atoms with Crippen LogP contribution >= 0.6 is 11.6 Å². The van der Waals surface area contributed by atoms with Crippen LogP contribution in [0.15, 0.2) is 30.7 Å². The first-order valence-electron chi connectivity index (χ1n) is 5.55. The van der Waals surface area contributed by atoms with Crippen LogP contribution in [0.25, 0.3) is 16.7 Å². The van der Waals surface area contributed by atoms with Gasteiger partial charge in [0.05, 0.1) is 17.8 Å². The standard InChI is InChI=1S/C13H12ClN3O/c1-8-6-17(7-15-8)13-12(14)10-5-9(18-2)3-4-11(10)16-13/h3-7,16H,1-2H3. The summed E-state index contributed by atoms with van der Waals surface area (Å²) in [5.74, 6) is 1.61. The lowest BCUT2D eigenvalue weighted by molar-refractivity contribution is 0.415. The molecule has 1 N–H and O–H groups in total. The number of halogens is 1. The third-order valence-electron chi connectivity index (χ3n) is 2.89. The number of imidazole rings is 1. The van der Waals surface area contributed by atoms with Gasteiger partial charge in [-0.15, -0.1) is 0 Å². The van der Waals surface area contributed by atoms with Gasteiger partial charge in [-0.05, 0) is 25.1 Å². The van der Waals surface area contributed by atoms with E-state index in [4.69, 9.17) is 16.3 Å². The number of hydrogen-bond acceptors (Lipinski definition) is 2. The molecular formula is C13H12ClN3O. The van der Waals surface area contributed by atoms with Crippen molar-refractivity contribution in [2.24, 2.45) is 0 Å². The Labute approximate surface area is 109 Å². The molecule has 2 heterocycles. The lowest BCUT2D eigenvalue weighted by Gasteiger charge is -1.98. The minimum absolute atomic E-state index is 0.668. The average Bonchev–Trinajstić information content (AvgIpc) is 2.94. The van der Waals surface area contributed by atoms with Crippen LogP contribution in [-0.4, -0.2) is 21.6 Å². The van der Waals surface area contributed by atoms with Crippen LogP contribution in [0, 0.1) is 6.92 Å². The van der Waals surface area contributed by atoms with E-state index in [1.807, 2.05) is 35.9 Å². The van der Waals surface area contributed by atoms with Crippen molar-refractivity contribution in [1.82, 2.24) is 14.5 Å². The Balaban J connectivity index is 2.22. The Morgan fingerprint density at radius 3 is 2.89 bits per heavy atom. The van der Waals surface area contributed by atoms with Crippen LogP contribution < -0.4 is 4.74 Å². The van der Waals surface area contributed by atoms with Gasteiger partial charge in [0.25, 0.3) is 0 Å². The number of aryl methyl sites for hydroxylation is 1. The average molecular weight is 262 g/mol. The lowest BCUT2D eigenvalue weighted by atomic mass is 10.2. The predicted octanol–water partition coefficient (Wildman–Crippen LogP) is 3.32. The van der Waals surface area contributed by atoms with E-state index in [-0.39, 0.29) is 0 Å². The first-order valence-corrected chi connectivity index (χ1v) is 5.93. The van der Waals surface area contributed by atoms with Crippen molar-refractivity contribution in [3.8, 4) is 11.6 Å². The highest BCUT2D eigenvalue weighted by Crippen LogP contribution is 2.32. The van der Waals surface area contributed by atoms with Gasteiger partial charge in [0, 0.05) is 17.1 Å². The zero-order chi connectivity index (χ0) is 12.7. The molecule has 92 valence electrons. The summed E-state index contributed by atoms with van der Waals surface area (Å²) in [7, 11) is 1.64. The van der Waals surface area contributed by atoms with Crippen LogP contribution in [0.1, 0.15) is 5.69 Å². The van der Waals surface area contributed by atoms with Crippen molar-refractivity contribution < 1.29 is 4.74 Å². The second kappa shape index (κ2) is 4.07. The van der Waals surface area contributed by atoms with Gasteiger partial charge < -0.3 is 9.72 Å². The summed E-state index contributed by atoms with van der Waals surface area (Å²) in [6.07, 6.45) is 3.66. The molecule has 0 fully saturated rings. The van der Waals surface area contributed by atoms with Gasteiger partial charge in [-0.2, -0.15) is 0 Å².